The van der Waals surface area contributed by atoms with Crippen molar-refractivity contribution in [3.8, 4) is 0 Å². The lowest BCUT2D eigenvalue weighted by atomic mass is 9.99. The third-order valence-electron chi connectivity index (χ3n) is 4.99. The highest BCUT2D eigenvalue weighted by Gasteiger charge is 2.35. The molecular formula is C18H25F3N6O4S. The average Bonchev–Trinajstić information content (AvgIpc) is 3.33. The van der Waals surface area contributed by atoms with E-state index in [2.05, 4.69) is 20.3 Å². The van der Waals surface area contributed by atoms with E-state index in [1.54, 1.807) is 11.6 Å². The fraction of sp³-hybridized carbons (Fsp3) is 0.611. The average molecular weight is 478 g/mol. The van der Waals surface area contributed by atoms with Gasteiger partial charge in [-0.15, -0.1) is 0 Å². The molecule has 3 heterocycles. The Kier molecular flexibility index (Phi) is 7.25. The number of hydrogen-bond acceptors (Lipinski definition) is 6. The van der Waals surface area contributed by atoms with Crippen LogP contribution in [0, 0.1) is 12.8 Å². The third kappa shape index (κ3) is 5.86. The maximum Gasteiger partial charge on any atom is 0.411 e. The molecule has 1 atom stereocenters. The first-order chi connectivity index (χ1) is 15.0. The lowest BCUT2D eigenvalue weighted by Crippen LogP contribution is -2.43. The minimum atomic E-state index is -4.44. The number of hydrogen-bond donors (Lipinski definition) is 1. The molecule has 1 unspecified atom stereocenters. The minimum absolute atomic E-state index is 0.0216. The van der Waals surface area contributed by atoms with Crippen molar-refractivity contribution in [2.24, 2.45) is 5.92 Å². The van der Waals surface area contributed by atoms with Crippen molar-refractivity contribution in [1.82, 2.24) is 23.9 Å². The molecule has 0 radical (unpaired) electrons. The monoisotopic (exact) mass is 478 g/mol. The number of nitrogens with zero attached hydrogens (tertiary/aromatic N) is 5. The maximum absolute atomic E-state index is 13.1. The van der Waals surface area contributed by atoms with Crippen molar-refractivity contribution in [1.29, 1.82) is 0 Å². The number of sulfonamides is 1. The van der Waals surface area contributed by atoms with Gasteiger partial charge in [0.2, 0.25) is 15.9 Å². The number of carbonyl (C=O) groups excluding carboxylic acids is 1. The number of piperidine rings is 1. The Labute approximate surface area is 183 Å². The van der Waals surface area contributed by atoms with Gasteiger partial charge in [-0.1, -0.05) is 0 Å². The summed E-state index contributed by atoms with van der Waals surface area (Å²) in [6.07, 6.45) is 0.703. The molecule has 0 bridgehead atoms. The van der Waals surface area contributed by atoms with Gasteiger partial charge in [0.15, 0.2) is 0 Å². The van der Waals surface area contributed by atoms with Crippen LogP contribution in [-0.2, 0) is 32.8 Å². The van der Waals surface area contributed by atoms with E-state index in [-0.39, 0.29) is 23.0 Å². The summed E-state index contributed by atoms with van der Waals surface area (Å²) < 4.78 is 71.0. The van der Waals surface area contributed by atoms with Crippen molar-refractivity contribution in [3.05, 3.63) is 24.3 Å². The smallest absolute Gasteiger partial charge is 0.350 e. The summed E-state index contributed by atoms with van der Waals surface area (Å²) in [5, 5.41) is 10.7. The standard InChI is InChI=1S/C18H25F3N6O4S/c1-3-25-10-16(13(2)24-25)32(29,30)27-6-4-5-14(8-27)17(28)23-15-7-22-26(9-15)12-31-11-18(19,20)21/h7,9-10,14H,3-6,8,11-12H2,1-2H3,(H,23,28). The molecule has 0 spiro atoms. The van der Waals surface area contributed by atoms with Crippen molar-refractivity contribution in [2.45, 2.75) is 51.0 Å². The molecule has 1 N–H and O–H groups in total. The summed E-state index contributed by atoms with van der Waals surface area (Å²) in [7, 11) is -3.79. The summed E-state index contributed by atoms with van der Waals surface area (Å²) in [4.78, 5) is 12.8. The maximum atomic E-state index is 13.1. The summed E-state index contributed by atoms with van der Waals surface area (Å²) in [6.45, 7) is 2.52. The first-order valence-electron chi connectivity index (χ1n) is 10.0. The molecule has 14 heteroatoms. The highest BCUT2D eigenvalue weighted by molar-refractivity contribution is 7.89. The number of anilines is 1. The number of aromatic nitrogens is 4. The van der Waals surface area contributed by atoms with E-state index in [9.17, 15) is 26.4 Å². The Morgan fingerprint density at radius 2 is 2.06 bits per heavy atom. The van der Waals surface area contributed by atoms with E-state index < -0.39 is 35.5 Å². The highest BCUT2D eigenvalue weighted by Crippen LogP contribution is 2.26. The number of amides is 1. The van der Waals surface area contributed by atoms with Gasteiger partial charge < -0.3 is 10.1 Å². The number of ether oxygens (including phenoxy) is 1. The molecule has 2 aromatic rings. The van der Waals surface area contributed by atoms with Gasteiger partial charge in [-0.25, -0.2) is 13.1 Å². The van der Waals surface area contributed by atoms with Crippen molar-refractivity contribution < 1.29 is 31.1 Å². The van der Waals surface area contributed by atoms with Crippen molar-refractivity contribution in [2.75, 3.05) is 25.0 Å². The molecule has 1 amide bonds. The Balaban J connectivity index is 1.60. The lowest BCUT2D eigenvalue weighted by Gasteiger charge is -2.30. The molecule has 1 aliphatic rings. The van der Waals surface area contributed by atoms with Crippen molar-refractivity contribution >= 4 is 21.6 Å². The number of halogens is 3. The second-order valence-corrected chi connectivity index (χ2v) is 9.39. The van der Waals surface area contributed by atoms with Gasteiger partial charge in [0.25, 0.3) is 0 Å². The van der Waals surface area contributed by atoms with Crippen LogP contribution in [0.2, 0.25) is 0 Å². The first-order valence-corrected chi connectivity index (χ1v) is 11.5. The number of aryl methyl sites for hydroxylation is 2. The van der Waals surface area contributed by atoms with E-state index in [0.29, 0.717) is 31.6 Å². The zero-order valence-corrected chi connectivity index (χ0v) is 18.5. The zero-order chi connectivity index (χ0) is 23.5. The number of rotatable bonds is 8. The molecule has 1 saturated heterocycles. The SMILES string of the molecule is CCn1cc(S(=O)(=O)N2CCCC(C(=O)Nc3cnn(COCC(F)(F)F)c3)C2)c(C)n1. The Bertz CT molecular complexity index is 1050. The second-order valence-electron chi connectivity index (χ2n) is 7.49. The van der Waals surface area contributed by atoms with Crippen LogP contribution in [0.25, 0.3) is 0 Å². The molecule has 178 valence electrons. The first kappa shape index (κ1) is 24.2. The molecule has 1 aliphatic heterocycles. The molecule has 0 aromatic carbocycles. The Morgan fingerprint density at radius 3 is 2.72 bits per heavy atom. The summed E-state index contributed by atoms with van der Waals surface area (Å²) in [5.41, 5.74) is 0.684. The second kappa shape index (κ2) is 9.58. The van der Waals surface area contributed by atoms with Crippen LogP contribution in [0.3, 0.4) is 0 Å². The topological polar surface area (TPSA) is 111 Å². The van der Waals surface area contributed by atoms with Crippen LogP contribution in [0.1, 0.15) is 25.5 Å². The van der Waals surface area contributed by atoms with E-state index in [1.807, 2.05) is 6.92 Å². The Hall–Kier alpha value is -2.45. The zero-order valence-electron chi connectivity index (χ0n) is 17.7. The van der Waals surface area contributed by atoms with Crippen LogP contribution >= 0.6 is 0 Å². The van der Waals surface area contributed by atoms with Crippen LogP contribution in [0.5, 0.6) is 0 Å². The predicted octanol–water partition coefficient (Wildman–Crippen LogP) is 1.98. The quantitative estimate of drug-likeness (QED) is 0.621. The number of alkyl halides is 3. The van der Waals surface area contributed by atoms with Crippen LogP contribution in [-0.4, -0.2) is 64.1 Å². The minimum Gasteiger partial charge on any atom is -0.350 e. The fourth-order valence-electron chi connectivity index (χ4n) is 3.43. The van der Waals surface area contributed by atoms with E-state index in [1.165, 1.54) is 22.9 Å². The van der Waals surface area contributed by atoms with Crippen LogP contribution in [0.4, 0.5) is 18.9 Å². The summed E-state index contributed by atoms with van der Waals surface area (Å²) >= 11 is 0. The predicted molar refractivity (Wildman–Crippen MR) is 107 cm³/mol. The number of carbonyl (C=O) groups is 1. The Morgan fingerprint density at radius 1 is 1.31 bits per heavy atom. The lowest BCUT2D eigenvalue weighted by molar-refractivity contribution is -0.182. The highest BCUT2D eigenvalue weighted by atomic mass is 32.2. The molecule has 32 heavy (non-hydrogen) atoms. The number of nitrogens with one attached hydrogen (secondary N) is 1. The van der Waals surface area contributed by atoms with Gasteiger partial charge >= 0.3 is 6.18 Å². The van der Waals surface area contributed by atoms with E-state index in [0.717, 1.165) is 4.68 Å². The third-order valence-corrected chi connectivity index (χ3v) is 6.96. The van der Waals surface area contributed by atoms with Gasteiger partial charge in [-0.05, 0) is 26.7 Å². The fourth-order valence-corrected chi connectivity index (χ4v) is 5.12. The van der Waals surface area contributed by atoms with Crippen LogP contribution in [0.15, 0.2) is 23.5 Å². The van der Waals surface area contributed by atoms with Gasteiger partial charge in [0, 0.05) is 25.8 Å². The van der Waals surface area contributed by atoms with Crippen LogP contribution < -0.4 is 5.32 Å². The molecule has 10 nitrogen and oxygen atoms in total. The van der Waals surface area contributed by atoms with Gasteiger partial charge in [0.1, 0.15) is 18.2 Å². The molecule has 3 rings (SSSR count). The van der Waals surface area contributed by atoms with Gasteiger partial charge in [-0.2, -0.15) is 27.7 Å². The van der Waals surface area contributed by atoms with Crippen molar-refractivity contribution in [3.63, 3.8) is 0 Å². The summed E-state index contributed by atoms with van der Waals surface area (Å²) in [5.74, 6) is -0.966. The molecular weight excluding hydrogens is 453 g/mol. The van der Waals surface area contributed by atoms with Gasteiger partial charge in [0.05, 0.1) is 29.7 Å². The van der Waals surface area contributed by atoms with E-state index in [4.69, 9.17) is 0 Å². The van der Waals surface area contributed by atoms with Gasteiger partial charge in [-0.3, -0.25) is 9.48 Å². The normalized spacial score (nSPS) is 18.1. The largest absolute Gasteiger partial charge is 0.411 e. The molecule has 0 aliphatic carbocycles. The molecule has 2 aromatic heterocycles. The molecule has 0 saturated carbocycles. The molecule has 1 fully saturated rings. The summed E-state index contributed by atoms with van der Waals surface area (Å²) in [6, 6.07) is 0. The van der Waals surface area contributed by atoms with E-state index >= 15 is 0 Å².